The number of allylic oxidation sites excluding steroid dienone is 1. The zero-order valence-electron chi connectivity index (χ0n) is 10.8. The quantitative estimate of drug-likeness (QED) is 0.347. The largest absolute Gasteiger partial charge is 0.496 e. The summed E-state index contributed by atoms with van der Waals surface area (Å²) >= 11 is 0. The van der Waals surface area contributed by atoms with Crippen molar-refractivity contribution in [2.45, 2.75) is 44.9 Å². The predicted molar refractivity (Wildman–Crippen MR) is 66.8 cm³/mol. The molecule has 0 aromatic heterocycles. The van der Waals surface area contributed by atoms with Crippen molar-refractivity contribution >= 4 is 6.29 Å². The average molecular weight is 259 g/mol. The van der Waals surface area contributed by atoms with Gasteiger partial charge in [0.2, 0.25) is 0 Å². The van der Waals surface area contributed by atoms with Crippen molar-refractivity contribution < 1.29 is 19.7 Å². The van der Waals surface area contributed by atoms with Gasteiger partial charge in [0.05, 0.1) is 11.9 Å². The molecule has 0 saturated carbocycles. The van der Waals surface area contributed by atoms with Gasteiger partial charge in [-0.05, 0) is 13.3 Å². The summed E-state index contributed by atoms with van der Waals surface area (Å²) in [5.74, 6) is -0.328. The summed E-state index contributed by atoms with van der Waals surface area (Å²) in [5.41, 5.74) is 0. The molecule has 4 atom stereocenters. The molecule has 104 valence electrons. The molecule has 18 heavy (non-hydrogen) atoms. The molecule has 0 aliphatic heterocycles. The summed E-state index contributed by atoms with van der Waals surface area (Å²) in [7, 11) is 0. The van der Waals surface area contributed by atoms with Crippen LogP contribution < -0.4 is 0 Å². The number of hydrogen-bond acceptors (Lipinski definition) is 6. The molecule has 0 aliphatic rings. The molecule has 0 aliphatic carbocycles. The van der Waals surface area contributed by atoms with Crippen LogP contribution in [0.2, 0.25) is 0 Å². The molecule has 0 saturated heterocycles. The van der Waals surface area contributed by atoms with Crippen LogP contribution in [0, 0.1) is 10.8 Å². The van der Waals surface area contributed by atoms with Crippen LogP contribution >= 0.6 is 0 Å². The highest BCUT2D eigenvalue weighted by molar-refractivity contribution is 5.54. The number of nitrogens with zero attached hydrogens (tertiary/aromatic N) is 1. The van der Waals surface area contributed by atoms with Crippen molar-refractivity contribution in [1.29, 1.82) is 0 Å². The van der Waals surface area contributed by atoms with E-state index in [0.29, 0.717) is 24.9 Å². The van der Waals surface area contributed by atoms with Gasteiger partial charge in [-0.2, -0.15) is 4.91 Å². The number of nitroso groups, excluding NO2 is 1. The first-order chi connectivity index (χ1) is 8.47. The molecule has 0 aromatic carbocycles. The second kappa shape index (κ2) is 8.77. The lowest BCUT2D eigenvalue weighted by atomic mass is 9.91. The van der Waals surface area contributed by atoms with E-state index in [1.165, 1.54) is 0 Å². The van der Waals surface area contributed by atoms with Gasteiger partial charge in [0, 0.05) is 5.92 Å². The molecular weight excluding hydrogens is 238 g/mol. The summed E-state index contributed by atoms with van der Waals surface area (Å²) in [6.07, 6.45) is -0.870. The molecule has 0 spiro atoms. The molecule has 6 nitrogen and oxygen atoms in total. The lowest BCUT2D eigenvalue weighted by molar-refractivity contribution is -0.116. The minimum absolute atomic E-state index is 0.194. The van der Waals surface area contributed by atoms with E-state index in [9.17, 15) is 19.9 Å². The molecule has 6 heteroatoms. The minimum atomic E-state index is -1.30. The highest BCUT2D eigenvalue weighted by Gasteiger charge is 2.34. The summed E-state index contributed by atoms with van der Waals surface area (Å²) in [5, 5.41) is 22.3. The Morgan fingerprint density at radius 3 is 2.50 bits per heavy atom. The van der Waals surface area contributed by atoms with Crippen LogP contribution in [0.3, 0.4) is 0 Å². The first kappa shape index (κ1) is 16.7. The maximum Gasteiger partial charge on any atom is 0.147 e. The molecule has 0 amide bonds. The smallest absolute Gasteiger partial charge is 0.147 e. The second-order valence-corrected chi connectivity index (χ2v) is 4.26. The number of aliphatic hydroxyl groups is 2. The molecule has 0 aromatic rings. The van der Waals surface area contributed by atoms with Gasteiger partial charge >= 0.3 is 0 Å². The van der Waals surface area contributed by atoms with Crippen LogP contribution in [-0.4, -0.2) is 41.4 Å². The maximum atomic E-state index is 10.8. The normalized spacial score (nSPS) is 17.3. The van der Waals surface area contributed by atoms with E-state index in [1.54, 1.807) is 6.92 Å². The van der Waals surface area contributed by atoms with Crippen LogP contribution in [0.5, 0.6) is 0 Å². The van der Waals surface area contributed by atoms with Gasteiger partial charge < -0.3 is 19.7 Å². The van der Waals surface area contributed by atoms with Gasteiger partial charge in [-0.15, -0.1) is 0 Å². The standard InChI is InChI=1S/C12H21NO5/c1-4-5-9(6-14)12(16)11(13-17)10(15)7-18-8(2)3/h6,9-12,15-16H,2,4-5,7H2,1,3H3. The third kappa shape index (κ3) is 5.37. The van der Waals surface area contributed by atoms with Crippen molar-refractivity contribution in [3.05, 3.63) is 17.2 Å². The van der Waals surface area contributed by atoms with Crippen LogP contribution in [0.1, 0.15) is 26.7 Å². The molecule has 0 heterocycles. The Hall–Kier alpha value is -1.27. The summed E-state index contributed by atoms with van der Waals surface area (Å²) in [6.45, 7) is 6.73. The SMILES string of the molecule is C=C(C)OCC(O)C(N=O)C(O)C(C=O)CCC. The molecule has 0 radical (unpaired) electrons. The number of carbonyl (C=O) groups excluding carboxylic acids is 1. The number of carbonyl (C=O) groups is 1. The van der Waals surface area contributed by atoms with Gasteiger partial charge in [-0.3, -0.25) is 0 Å². The summed E-state index contributed by atoms with van der Waals surface area (Å²) in [6, 6.07) is -1.29. The van der Waals surface area contributed by atoms with E-state index < -0.39 is 24.2 Å². The van der Waals surface area contributed by atoms with E-state index in [1.807, 2.05) is 6.92 Å². The van der Waals surface area contributed by atoms with Gasteiger partial charge in [0.25, 0.3) is 0 Å². The Balaban J connectivity index is 4.57. The third-order valence-electron chi connectivity index (χ3n) is 2.60. The van der Waals surface area contributed by atoms with Crippen molar-refractivity contribution in [2.75, 3.05) is 6.61 Å². The Morgan fingerprint density at radius 2 is 2.11 bits per heavy atom. The third-order valence-corrected chi connectivity index (χ3v) is 2.60. The van der Waals surface area contributed by atoms with E-state index in [2.05, 4.69) is 11.8 Å². The zero-order valence-corrected chi connectivity index (χ0v) is 10.8. The number of rotatable bonds is 10. The topological polar surface area (TPSA) is 96.2 Å². The van der Waals surface area contributed by atoms with E-state index in [4.69, 9.17) is 4.74 Å². The second-order valence-electron chi connectivity index (χ2n) is 4.26. The Kier molecular flexibility index (Phi) is 8.15. The molecule has 2 N–H and O–H groups in total. The van der Waals surface area contributed by atoms with E-state index >= 15 is 0 Å². The van der Waals surface area contributed by atoms with Crippen molar-refractivity contribution in [2.24, 2.45) is 11.1 Å². The number of aliphatic hydroxyl groups excluding tert-OH is 2. The van der Waals surface area contributed by atoms with Crippen LogP contribution in [-0.2, 0) is 9.53 Å². The fraction of sp³-hybridized carbons (Fsp3) is 0.750. The molecule has 0 fully saturated rings. The van der Waals surface area contributed by atoms with Crippen LogP contribution in [0.15, 0.2) is 17.5 Å². The minimum Gasteiger partial charge on any atom is -0.496 e. The highest BCUT2D eigenvalue weighted by atomic mass is 16.5. The number of aldehydes is 1. The zero-order chi connectivity index (χ0) is 14.1. The number of hydrogen-bond donors (Lipinski definition) is 2. The first-order valence-electron chi connectivity index (χ1n) is 5.90. The fourth-order valence-electron chi connectivity index (χ4n) is 1.59. The summed E-state index contributed by atoms with van der Waals surface area (Å²) in [4.78, 5) is 21.5. The summed E-state index contributed by atoms with van der Waals surface area (Å²) < 4.78 is 4.97. The van der Waals surface area contributed by atoms with Gasteiger partial charge in [-0.1, -0.05) is 25.1 Å². The molecule has 4 unspecified atom stereocenters. The average Bonchev–Trinajstić information content (AvgIpc) is 2.34. The van der Waals surface area contributed by atoms with Crippen molar-refractivity contribution in [3.8, 4) is 0 Å². The lowest BCUT2D eigenvalue weighted by Gasteiger charge is -2.25. The van der Waals surface area contributed by atoms with E-state index in [0.717, 1.165) is 0 Å². The van der Waals surface area contributed by atoms with E-state index in [-0.39, 0.29) is 6.61 Å². The number of ether oxygens (including phenoxy) is 1. The molecular formula is C12H21NO5. The predicted octanol–water partition coefficient (Wildman–Crippen LogP) is 1.01. The van der Waals surface area contributed by atoms with Crippen LogP contribution in [0.4, 0.5) is 0 Å². The van der Waals surface area contributed by atoms with Gasteiger partial charge in [-0.25, -0.2) is 0 Å². The van der Waals surface area contributed by atoms with Crippen molar-refractivity contribution in [3.63, 3.8) is 0 Å². The van der Waals surface area contributed by atoms with Crippen molar-refractivity contribution in [1.82, 2.24) is 0 Å². The fourth-order valence-corrected chi connectivity index (χ4v) is 1.59. The molecule has 0 bridgehead atoms. The van der Waals surface area contributed by atoms with Gasteiger partial charge in [0.1, 0.15) is 25.0 Å². The first-order valence-corrected chi connectivity index (χ1v) is 5.90. The van der Waals surface area contributed by atoms with Crippen LogP contribution in [0.25, 0.3) is 0 Å². The maximum absolute atomic E-state index is 10.8. The van der Waals surface area contributed by atoms with Gasteiger partial charge in [0.15, 0.2) is 0 Å². The highest BCUT2D eigenvalue weighted by Crippen LogP contribution is 2.17. The Labute approximate surface area is 107 Å². The lowest BCUT2D eigenvalue weighted by Crippen LogP contribution is -2.43. The Bertz CT molecular complexity index is 282. The Morgan fingerprint density at radius 1 is 1.50 bits per heavy atom. The molecule has 0 rings (SSSR count). The monoisotopic (exact) mass is 259 g/mol.